The molecule has 0 aliphatic carbocycles. The largest absolute Gasteiger partial charge is 0.456 e. The van der Waals surface area contributed by atoms with Gasteiger partial charge >= 0.3 is 5.97 Å². The third kappa shape index (κ3) is 4.96. The van der Waals surface area contributed by atoms with E-state index in [1.165, 1.54) is 35.6 Å². The lowest BCUT2D eigenvalue weighted by Gasteiger charge is -2.06. The fourth-order valence-electron chi connectivity index (χ4n) is 2.05. The van der Waals surface area contributed by atoms with E-state index in [2.05, 4.69) is 15.5 Å². The molecule has 0 spiro atoms. The summed E-state index contributed by atoms with van der Waals surface area (Å²) in [5.41, 5.74) is 0.290. The van der Waals surface area contributed by atoms with Crippen LogP contribution in [0.5, 0.6) is 0 Å². The van der Waals surface area contributed by atoms with Crippen LogP contribution in [0.25, 0.3) is 10.7 Å². The van der Waals surface area contributed by atoms with E-state index in [1.807, 2.05) is 17.5 Å². The highest BCUT2D eigenvalue weighted by Crippen LogP contribution is 2.21. The van der Waals surface area contributed by atoms with Gasteiger partial charge in [0.2, 0.25) is 11.7 Å². The van der Waals surface area contributed by atoms with Crippen LogP contribution in [0.2, 0.25) is 0 Å². The standard InChI is InChI=1S/C17H14FN3O4S/c18-11-3-1-4-12(9-11)19-14(22)10-24-16(23)7-6-15-20-17(21-25-15)13-5-2-8-26-13/h1-5,8-9H,6-7,10H2,(H,19,22). The smallest absolute Gasteiger partial charge is 0.306 e. The molecule has 0 atom stereocenters. The van der Waals surface area contributed by atoms with E-state index in [1.54, 1.807) is 0 Å². The second-order valence-electron chi connectivity index (χ2n) is 5.21. The molecule has 0 saturated carbocycles. The van der Waals surface area contributed by atoms with Crippen molar-refractivity contribution in [2.45, 2.75) is 12.8 Å². The van der Waals surface area contributed by atoms with Crippen molar-refractivity contribution in [1.29, 1.82) is 0 Å². The number of aromatic nitrogens is 2. The van der Waals surface area contributed by atoms with Crippen LogP contribution in [-0.4, -0.2) is 28.6 Å². The molecule has 3 aromatic rings. The summed E-state index contributed by atoms with van der Waals surface area (Å²) in [6, 6.07) is 9.17. The van der Waals surface area contributed by atoms with Crippen molar-refractivity contribution in [2.24, 2.45) is 0 Å². The number of anilines is 1. The molecule has 0 unspecified atom stereocenters. The number of benzene rings is 1. The van der Waals surface area contributed by atoms with Crippen LogP contribution < -0.4 is 5.32 Å². The first kappa shape index (κ1) is 17.7. The van der Waals surface area contributed by atoms with E-state index in [0.29, 0.717) is 11.7 Å². The summed E-state index contributed by atoms with van der Waals surface area (Å²) in [6.07, 6.45) is 0.210. The zero-order valence-corrected chi connectivity index (χ0v) is 14.3. The quantitative estimate of drug-likeness (QED) is 0.638. The molecule has 0 aliphatic rings. The maximum atomic E-state index is 13.0. The van der Waals surface area contributed by atoms with Gasteiger partial charge in [-0.2, -0.15) is 4.98 Å². The molecule has 1 N–H and O–H groups in total. The molecule has 9 heteroatoms. The summed E-state index contributed by atoms with van der Waals surface area (Å²) in [4.78, 5) is 28.5. The summed E-state index contributed by atoms with van der Waals surface area (Å²) in [5, 5.41) is 8.18. The Morgan fingerprint density at radius 2 is 2.15 bits per heavy atom. The lowest BCUT2D eigenvalue weighted by atomic mass is 10.3. The van der Waals surface area contributed by atoms with Gasteiger partial charge in [-0.25, -0.2) is 4.39 Å². The normalized spacial score (nSPS) is 10.5. The number of thiophene rings is 1. The molecule has 0 bridgehead atoms. The number of carbonyl (C=O) groups is 2. The molecule has 3 rings (SSSR count). The molecular formula is C17H14FN3O4S. The van der Waals surface area contributed by atoms with Gasteiger partial charge in [-0.15, -0.1) is 11.3 Å². The zero-order chi connectivity index (χ0) is 18.4. The lowest BCUT2D eigenvalue weighted by Crippen LogP contribution is -2.21. The molecule has 0 radical (unpaired) electrons. The van der Waals surface area contributed by atoms with Gasteiger partial charge in [0.1, 0.15) is 5.82 Å². The molecular weight excluding hydrogens is 361 g/mol. The second-order valence-corrected chi connectivity index (χ2v) is 6.16. The lowest BCUT2D eigenvalue weighted by molar-refractivity contribution is -0.147. The molecule has 0 fully saturated rings. The third-order valence-electron chi connectivity index (χ3n) is 3.23. The highest BCUT2D eigenvalue weighted by molar-refractivity contribution is 7.13. The summed E-state index contributed by atoms with van der Waals surface area (Å²) in [7, 11) is 0. The van der Waals surface area contributed by atoms with Crippen molar-refractivity contribution in [3.05, 3.63) is 53.5 Å². The average molecular weight is 375 g/mol. The minimum Gasteiger partial charge on any atom is -0.456 e. The molecule has 2 heterocycles. The van der Waals surface area contributed by atoms with E-state index >= 15 is 0 Å². The molecule has 1 aromatic carbocycles. The van der Waals surface area contributed by atoms with Crippen LogP contribution >= 0.6 is 11.3 Å². The van der Waals surface area contributed by atoms with Gasteiger partial charge in [0, 0.05) is 12.1 Å². The van der Waals surface area contributed by atoms with Gasteiger partial charge in [0.05, 0.1) is 11.3 Å². The Hall–Kier alpha value is -3.07. The Balaban J connectivity index is 1.41. The number of esters is 1. The predicted molar refractivity (Wildman–Crippen MR) is 91.9 cm³/mol. The van der Waals surface area contributed by atoms with Crippen LogP contribution in [0.3, 0.4) is 0 Å². The minimum atomic E-state index is -0.574. The molecule has 1 amide bonds. The fraction of sp³-hybridized carbons (Fsp3) is 0.176. The minimum absolute atomic E-state index is 0.000676. The molecule has 134 valence electrons. The van der Waals surface area contributed by atoms with E-state index in [0.717, 1.165) is 4.88 Å². The molecule has 0 saturated heterocycles. The zero-order valence-electron chi connectivity index (χ0n) is 13.5. The SMILES string of the molecule is O=C(COC(=O)CCc1nc(-c2cccs2)no1)Nc1cccc(F)c1. The van der Waals surface area contributed by atoms with Crippen molar-refractivity contribution < 1.29 is 23.2 Å². The number of aryl methyl sites for hydroxylation is 1. The number of rotatable bonds is 7. The van der Waals surface area contributed by atoms with Gasteiger partial charge in [-0.1, -0.05) is 17.3 Å². The van der Waals surface area contributed by atoms with Gasteiger partial charge in [-0.3, -0.25) is 9.59 Å². The maximum Gasteiger partial charge on any atom is 0.306 e. The first-order valence-corrected chi connectivity index (χ1v) is 8.55. The van der Waals surface area contributed by atoms with Gasteiger partial charge in [0.15, 0.2) is 6.61 Å². The van der Waals surface area contributed by atoms with Crippen LogP contribution in [0.15, 0.2) is 46.3 Å². The summed E-state index contributed by atoms with van der Waals surface area (Å²) < 4.78 is 23.0. The monoisotopic (exact) mass is 375 g/mol. The number of carbonyl (C=O) groups excluding carboxylic acids is 2. The van der Waals surface area contributed by atoms with Crippen LogP contribution in [0, 0.1) is 5.82 Å². The number of hydrogen-bond acceptors (Lipinski definition) is 7. The predicted octanol–water partition coefficient (Wildman–Crippen LogP) is 3.05. The number of ether oxygens (including phenoxy) is 1. The number of hydrogen-bond donors (Lipinski definition) is 1. The Morgan fingerprint density at radius 3 is 2.92 bits per heavy atom. The van der Waals surface area contributed by atoms with Crippen LogP contribution in [-0.2, 0) is 20.7 Å². The second kappa shape index (κ2) is 8.34. The number of amides is 1. The molecule has 0 aliphatic heterocycles. The van der Waals surface area contributed by atoms with Crippen molar-refractivity contribution in [1.82, 2.24) is 10.1 Å². The molecule has 26 heavy (non-hydrogen) atoms. The third-order valence-corrected chi connectivity index (χ3v) is 4.09. The number of halogens is 1. The molecule has 7 nitrogen and oxygen atoms in total. The maximum absolute atomic E-state index is 13.0. The first-order valence-electron chi connectivity index (χ1n) is 7.67. The summed E-state index contributed by atoms with van der Waals surface area (Å²) >= 11 is 1.48. The van der Waals surface area contributed by atoms with Crippen LogP contribution in [0.1, 0.15) is 12.3 Å². The highest BCUT2D eigenvalue weighted by Gasteiger charge is 2.13. The Kier molecular flexibility index (Phi) is 5.69. The number of nitrogens with one attached hydrogen (secondary N) is 1. The van der Waals surface area contributed by atoms with Crippen molar-refractivity contribution in [2.75, 3.05) is 11.9 Å². The first-order chi connectivity index (χ1) is 12.6. The topological polar surface area (TPSA) is 94.3 Å². The fourth-order valence-corrected chi connectivity index (χ4v) is 2.70. The van der Waals surface area contributed by atoms with Gasteiger partial charge < -0.3 is 14.6 Å². The molecule has 2 aromatic heterocycles. The average Bonchev–Trinajstić information content (AvgIpc) is 3.29. The van der Waals surface area contributed by atoms with E-state index in [4.69, 9.17) is 9.26 Å². The van der Waals surface area contributed by atoms with Crippen LogP contribution in [0.4, 0.5) is 10.1 Å². The van der Waals surface area contributed by atoms with Crippen molar-refractivity contribution in [3.8, 4) is 10.7 Å². The van der Waals surface area contributed by atoms with E-state index < -0.39 is 24.3 Å². The Morgan fingerprint density at radius 1 is 1.27 bits per heavy atom. The van der Waals surface area contributed by atoms with Gasteiger partial charge in [0.25, 0.3) is 5.91 Å². The van der Waals surface area contributed by atoms with Crippen molar-refractivity contribution >= 4 is 28.9 Å². The Bertz CT molecular complexity index is 895. The summed E-state index contributed by atoms with van der Waals surface area (Å²) in [5.74, 6) is -0.814. The van der Waals surface area contributed by atoms with Crippen molar-refractivity contribution in [3.63, 3.8) is 0 Å². The van der Waals surface area contributed by atoms with E-state index in [9.17, 15) is 14.0 Å². The number of nitrogens with zero attached hydrogens (tertiary/aromatic N) is 2. The Labute approximate surface area is 151 Å². The highest BCUT2D eigenvalue weighted by atomic mass is 32.1. The van der Waals surface area contributed by atoms with Gasteiger partial charge in [-0.05, 0) is 29.6 Å². The summed E-state index contributed by atoms with van der Waals surface area (Å²) in [6.45, 7) is -0.459. The van der Waals surface area contributed by atoms with E-state index in [-0.39, 0.29) is 18.5 Å².